The standard InChI is InChI=1S/C16H20N6O/c1-10(2)13(15-20-18-9-22(15)4)19-16(23)11-6-5-7-12-14(11)17-8-21(12)3/h5-10,13H,1-4H3,(H,19,23). The topological polar surface area (TPSA) is 77.6 Å². The van der Waals surface area contributed by atoms with E-state index in [1.54, 1.807) is 18.7 Å². The molecule has 1 N–H and O–H groups in total. The zero-order valence-electron chi connectivity index (χ0n) is 13.7. The van der Waals surface area contributed by atoms with Crippen molar-refractivity contribution in [1.82, 2.24) is 29.6 Å². The van der Waals surface area contributed by atoms with E-state index < -0.39 is 0 Å². The zero-order valence-corrected chi connectivity index (χ0v) is 13.7. The summed E-state index contributed by atoms with van der Waals surface area (Å²) in [6, 6.07) is 5.39. The molecule has 7 nitrogen and oxygen atoms in total. The Morgan fingerprint density at radius 3 is 2.61 bits per heavy atom. The summed E-state index contributed by atoms with van der Waals surface area (Å²) in [5.41, 5.74) is 2.20. The van der Waals surface area contributed by atoms with E-state index in [2.05, 4.69) is 20.5 Å². The molecule has 0 spiro atoms. The average Bonchev–Trinajstić information content (AvgIpc) is 3.11. The van der Waals surface area contributed by atoms with Crippen molar-refractivity contribution in [3.05, 3.63) is 42.2 Å². The van der Waals surface area contributed by atoms with Gasteiger partial charge in [0, 0.05) is 14.1 Å². The SMILES string of the molecule is CC(C)C(NC(=O)c1cccc2c1ncn2C)c1nncn1C. The molecular formula is C16H20N6O. The molecule has 3 rings (SSSR count). The molecule has 0 fully saturated rings. The zero-order chi connectivity index (χ0) is 16.6. The van der Waals surface area contributed by atoms with Crippen LogP contribution in [0.5, 0.6) is 0 Å². The minimum atomic E-state index is -0.214. The lowest BCUT2D eigenvalue weighted by atomic mass is 10.0. The fraction of sp³-hybridized carbons (Fsp3) is 0.375. The van der Waals surface area contributed by atoms with Crippen molar-refractivity contribution in [2.75, 3.05) is 0 Å². The number of para-hydroxylation sites is 1. The van der Waals surface area contributed by atoms with Crippen molar-refractivity contribution >= 4 is 16.9 Å². The van der Waals surface area contributed by atoms with Crippen LogP contribution in [0.25, 0.3) is 11.0 Å². The van der Waals surface area contributed by atoms with Crippen LogP contribution in [0.4, 0.5) is 0 Å². The number of amides is 1. The summed E-state index contributed by atoms with van der Waals surface area (Å²) in [4.78, 5) is 17.1. The van der Waals surface area contributed by atoms with Crippen LogP contribution >= 0.6 is 0 Å². The number of nitrogens with zero attached hydrogens (tertiary/aromatic N) is 5. The lowest BCUT2D eigenvalue weighted by Crippen LogP contribution is -2.33. The van der Waals surface area contributed by atoms with Gasteiger partial charge in [-0.1, -0.05) is 19.9 Å². The predicted molar refractivity (Wildman–Crippen MR) is 86.8 cm³/mol. The third-order valence-electron chi connectivity index (χ3n) is 3.98. The second-order valence-electron chi connectivity index (χ2n) is 6.02. The van der Waals surface area contributed by atoms with Gasteiger partial charge in [0.2, 0.25) is 0 Å². The van der Waals surface area contributed by atoms with Gasteiger partial charge in [-0.05, 0) is 18.1 Å². The number of hydrogen-bond donors (Lipinski definition) is 1. The van der Waals surface area contributed by atoms with Gasteiger partial charge in [-0.15, -0.1) is 10.2 Å². The molecule has 23 heavy (non-hydrogen) atoms. The summed E-state index contributed by atoms with van der Waals surface area (Å²) in [5.74, 6) is 0.766. The first-order valence-corrected chi connectivity index (χ1v) is 7.54. The molecule has 0 aliphatic heterocycles. The lowest BCUT2D eigenvalue weighted by molar-refractivity contribution is 0.0924. The first-order chi connectivity index (χ1) is 11.0. The molecule has 0 aliphatic carbocycles. The normalized spacial score (nSPS) is 12.7. The van der Waals surface area contributed by atoms with E-state index in [0.29, 0.717) is 11.1 Å². The highest BCUT2D eigenvalue weighted by atomic mass is 16.1. The molecular weight excluding hydrogens is 292 g/mol. The lowest BCUT2D eigenvalue weighted by Gasteiger charge is -2.21. The van der Waals surface area contributed by atoms with Gasteiger partial charge < -0.3 is 14.5 Å². The second kappa shape index (κ2) is 5.83. The van der Waals surface area contributed by atoms with E-state index in [4.69, 9.17) is 0 Å². The fourth-order valence-corrected chi connectivity index (χ4v) is 2.66. The first kappa shape index (κ1) is 15.2. The number of aryl methyl sites for hydroxylation is 2. The molecule has 1 amide bonds. The third-order valence-corrected chi connectivity index (χ3v) is 3.98. The van der Waals surface area contributed by atoms with Crippen molar-refractivity contribution in [1.29, 1.82) is 0 Å². The van der Waals surface area contributed by atoms with Gasteiger partial charge >= 0.3 is 0 Å². The summed E-state index contributed by atoms with van der Waals surface area (Å²) < 4.78 is 3.72. The van der Waals surface area contributed by atoms with Crippen LogP contribution in [0.15, 0.2) is 30.9 Å². The Labute approximate surface area is 134 Å². The first-order valence-electron chi connectivity index (χ1n) is 7.54. The number of aromatic nitrogens is 5. The molecule has 120 valence electrons. The van der Waals surface area contributed by atoms with Crippen LogP contribution in [0.1, 0.15) is 36.1 Å². The number of rotatable bonds is 4. The highest BCUT2D eigenvalue weighted by Crippen LogP contribution is 2.22. The molecule has 0 saturated heterocycles. The number of carbonyl (C=O) groups is 1. The molecule has 0 bridgehead atoms. The molecule has 1 atom stereocenters. The van der Waals surface area contributed by atoms with E-state index in [0.717, 1.165) is 11.3 Å². The van der Waals surface area contributed by atoms with Crippen LogP contribution in [0, 0.1) is 5.92 Å². The largest absolute Gasteiger partial charge is 0.342 e. The predicted octanol–water partition coefficient (Wildman–Crippen LogP) is 1.83. The summed E-state index contributed by atoms with van der Waals surface area (Å²) >= 11 is 0. The quantitative estimate of drug-likeness (QED) is 0.797. The Bertz CT molecular complexity index is 847. The van der Waals surface area contributed by atoms with Gasteiger partial charge in [-0.3, -0.25) is 4.79 Å². The van der Waals surface area contributed by atoms with E-state index >= 15 is 0 Å². The van der Waals surface area contributed by atoms with Gasteiger partial charge in [-0.2, -0.15) is 0 Å². The number of imidazole rings is 1. The third kappa shape index (κ3) is 2.69. The van der Waals surface area contributed by atoms with Crippen LogP contribution in [0.3, 0.4) is 0 Å². The van der Waals surface area contributed by atoms with Crippen molar-refractivity contribution in [3.63, 3.8) is 0 Å². The number of benzene rings is 1. The maximum atomic E-state index is 12.8. The van der Waals surface area contributed by atoms with Crippen molar-refractivity contribution in [3.8, 4) is 0 Å². The summed E-state index contributed by atoms with van der Waals surface area (Å²) in [6.45, 7) is 4.09. The van der Waals surface area contributed by atoms with Crippen LogP contribution in [-0.4, -0.2) is 30.2 Å². The molecule has 0 saturated carbocycles. The van der Waals surface area contributed by atoms with Gasteiger partial charge in [0.15, 0.2) is 5.82 Å². The average molecular weight is 312 g/mol. The molecule has 3 aromatic rings. The Balaban J connectivity index is 1.94. The smallest absolute Gasteiger partial charge is 0.254 e. The summed E-state index contributed by atoms with van der Waals surface area (Å²) in [7, 11) is 3.78. The van der Waals surface area contributed by atoms with E-state index in [1.807, 2.05) is 49.2 Å². The summed E-state index contributed by atoms with van der Waals surface area (Å²) in [5, 5.41) is 11.1. The molecule has 0 radical (unpaired) electrons. The highest BCUT2D eigenvalue weighted by Gasteiger charge is 2.24. The summed E-state index contributed by atoms with van der Waals surface area (Å²) in [6.07, 6.45) is 3.35. The number of hydrogen-bond acceptors (Lipinski definition) is 4. The molecule has 2 aromatic heterocycles. The van der Waals surface area contributed by atoms with Crippen LogP contribution in [0.2, 0.25) is 0 Å². The monoisotopic (exact) mass is 312 g/mol. The minimum absolute atomic E-state index is 0.156. The Hall–Kier alpha value is -2.70. The van der Waals surface area contributed by atoms with Crippen LogP contribution < -0.4 is 5.32 Å². The minimum Gasteiger partial charge on any atom is -0.342 e. The Kier molecular flexibility index (Phi) is 3.85. The second-order valence-corrected chi connectivity index (χ2v) is 6.02. The molecule has 0 aliphatic rings. The molecule has 7 heteroatoms. The maximum Gasteiger partial charge on any atom is 0.254 e. The van der Waals surface area contributed by atoms with Gasteiger partial charge in [0.1, 0.15) is 11.8 Å². The fourth-order valence-electron chi connectivity index (χ4n) is 2.66. The van der Waals surface area contributed by atoms with Gasteiger partial charge in [0.25, 0.3) is 5.91 Å². The van der Waals surface area contributed by atoms with Gasteiger partial charge in [-0.25, -0.2) is 4.98 Å². The number of nitrogens with one attached hydrogen (secondary N) is 1. The highest BCUT2D eigenvalue weighted by molar-refractivity contribution is 6.05. The van der Waals surface area contributed by atoms with Crippen LogP contribution in [-0.2, 0) is 14.1 Å². The Morgan fingerprint density at radius 1 is 1.17 bits per heavy atom. The van der Waals surface area contributed by atoms with Crippen molar-refractivity contribution in [2.45, 2.75) is 19.9 Å². The van der Waals surface area contributed by atoms with E-state index in [-0.39, 0.29) is 17.9 Å². The maximum absolute atomic E-state index is 12.8. The van der Waals surface area contributed by atoms with E-state index in [9.17, 15) is 4.79 Å². The van der Waals surface area contributed by atoms with Gasteiger partial charge in [0.05, 0.1) is 23.4 Å². The van der Waals surface area contributed by atoms with E-state index in [1.165, 1.54) is 0 Å². The molecule has 1 unspecified atom stereocenters. The molecule has 1 aromatic carbocycles. The van der Waals surface area contributed by atoms with Crippen molar-refractivity contribution < 1.29 is 4.79 Å². The Morgan fingerprint density at radius 2 is 1.96 bits per heavy atom. The number of carbonyl (C=O) groups excluding carboxylic acids is 1. The van der Waals surface area contributed by atoms with Crippen molar-refractivity contribution in [2.24, 2.45) is 20.0 Å². The number of fused-ring (bicyclic) bond motifs is 1. The molecule has 2 heterocycles.